The van der Waals surface area contributed by atoms with Gasteiger partial charge in [-0.3, -0.25) is 5.73 Å². The van der Waals surface area contributed by atoms with E-state index < -0.39 is 6.10 Å². The van der Waals surface area contributed by atoms with Crippen LogP contribution in [0, 0.1) is 0 Å². The first-order chi connectivity index (χ1) is 11.1. The summed E-state index contributed by atoms with van der Waals surface area (Å²) < 4.78 is 4.89. The number of anilines is 1. The molecule has 1 heterocycles. The summed E-state index contributed by atoms with van der Waals surface area (Å²) >= 11 is 3.44. The number of rotatable bonds is 5. The van der Waals surface area contributed by atoms with Gasteiger partial charge in [0.1, 0.15) is 23.7 Å². The van der Waals surface area contributed by atoms with Crippen LogP contribution in [0.4, 0.5) is 5.95 Å². The Morgan fingerprint density at radius 1 is 1.26 bits per heavy atom. The summed E-state index contributed by atoms with van der Waals surface area (Å²) in [6, 6.07) is 15.7. The van der Waals surface area contributed by atoms with Crippen LogP contribution in [0.5, 0.6) is 0 Å². The van der Waals surface area contributed by atoms with Crippen molar-refractivity contribution in [3.8, 4) is 0 Å². The molecule has 0 spiro atoms. The molecule has 1 atom stereocenters. The molecule has 3 aromatic rings. The molecular formula is C18H19BrN3O+. The molecule has 0 amide bonds. The van der Waals surface area contributed by atoms with E-state index in [-0.39, 0.29) is 0 Å². The van der Waals surface area contributed by atoms with Gasteiger partial charge in [-0.05, 0) is 29.8 Å². The molecule has 5 heteroatoms. The van der Waals surface area contributed by atoms with Crippen LogP contribution < -0.4 is 10.3 Å². The number of imidazole rings is 1. The summed E-state index contributed by atoms with van der Waals surface area (Å²) in [7, 11) is 0. The molecule has 2 aromatic carbocycles. The van der Waals surface area contributed by atoms with E-state index in [1.54, 1.807) is 0 Å². The zero-order chi connectivity index (χ0) is 16.4. The summed E-state index contributed by atoms with van der Waals surface area (Å²) in [6.45, 7) is 4.82. The van der Waals surface area contributed by atoms with Crippen molar-refractivity contribution < 1.29 is 9.67 Å². The quantitative estimate of drug-likeness (QED) is 0.533. The fourth-order valence-electron chi connectivity index (χ4n) is 2.82. The number of fused-ring (bicyclic) bond motifs is 1. The monoisotopic (exact) mass is 372 g/mol. The highest BCUT2D eigenvalue weighted by molar-refractivity contribution is 9.10. The fraction of sp³-hybridized carbons (Fsp3) is 0.167. The minimum absolute atomic E-state index is 0.396. The maximum absolute atomic E-state index is 10.6. The third kappa shape index (κ3) is 3.02. The Bertz CT molecular complexity index is 857. The smallest absolute Gasteiger partial charge is 0.356 e. The van der Waals surface area contributed by atoms with Crippen molar-refractivity contribution in [3.63, 3.8) is 0 Å². The van der Waals surface area contributed by atoms with Crippen molar-refractivity contribution in [3.05, 3.63) is 71.2 Å². The number of halogens is 1. The predicted molar refractivity (Wildman–Crippen MR) is 95.8 cm³/mol. The van der Waals surface area contributed by atoms with Gasteiger partial charge in [-0.25, -0.2) is 9.13 Å². The van der Waals surface area contributed by atoms with Crippen molar-refractivity contribution in [1.29, 1.82) is 0 Å². The van der Waals surface area contributed by atoms with E-state index in [1.165, 1.54) is 0 Å². The molecule has 23 heavy (non-hydrogen) atoms. The molecule has 0 saturated heterocycles. The Morgan fingerprint density at radius 2 is 2.04 bits per heavy atom. The molecule has 3 N–H and O–H groups in total. The first-order valence-corrected chi connectivity index (χ1v) is 8.22. The molecule has 0 aliphatic rings. The van der Waals surface area contributed by atoms with Crippen molar-refractivity contribution in [1.82, 2.24) is 4.57 Å². The maximum atomic E-state index is 10.6. The molecule has 0 saturated carbocycles. The Balaban J connectivity index is 2.03. The van der Waals surface area contributed by atoms with Crippen LogP contribution in [0.25, 0.3) is 11.0 Å². The number of aliphatic hydroxyl groups excluding tert-OH is 1. The molecule has 0 radical (unpaired) electrons. The summed E-state index contributed by atoms with van der Waals surface area (Å²) in [5, 5.41) is 10.6. The Labute approximate surface area is 143 Å². The van der Waals surface area contributed by atoms with Crippen LogP contribution in [0.15, 0.2) is 65.7 Å². The highest BCUT2D eigenvalue weighted by Crippen LogP contribution is 2.21. The largest absolute Gasteiger partial charge is 0.385 e. The predicted octanol–water partition coefficient (Wildman–Crippen LogP) is 3.19. The average Bonchev–Trinajstić information content (AvgIpc) is 2.81. The maximum Gasteiger partial charge on any atom is 0.356 e. The van der Waals surface area contributed by atoms with Gasteiger partial charge in [-0.1, -0.05) is 52.9 Å². The number of hydrogen-bond acceptors (Lipinski definition) is 2. The highest BCUT2D eigenvalue weighted by atomic mass is 79.9. The van der Waals surface area contributed by atoms with Crippen LogP contribution in [-0.4, -0.2) is 9.67 Å². The Morgan fingerprint density at radius 3 is 2.78 bits per heavy atom. The number of hydrogen-bond donors (Lipinski definition) is 2. The van der Waals surface area contributed by atoms with Gasteiger partial charge in [0.25, 0.3) is 0 Å². The van der Waals surface area contributed by atoms with Gasteiger partial charge in [0.05, 0.1) is 6.54 Å². The van der Waals surface area contributed by atoms with Gasteiger partial charge in [-0.2, -0.15) is 0 Å². The van der Waals surface area contributed by atoms with E-state index in [0.29, 0.717) is 19.0 Å². The lowest BCUT2D eigenvalue weighted by Crippen LogP contribution is -2.39. The number of benzene rings is 2. The molecule has 0 unspecified atom stereocenters. The molecule has 1 aromatic heterocycles. The number of aliphatic hydroxyl groups is 1. The van der Waals surface area contributed by atoms with Crippen LogP contribution in [0.3, 0.4) is 0 Å². The third-order valence-corrected chi connectivity index (χ3v) is 4.41. The molecule has 4 nitrogen and oxygen atoms in total. The van der Waals surface area contributed by atoms with Gasteiger partial charge in [0, 0.05) is 4.47 Å². The van der Waals surface area contributed by atoms with E-state index in [1.807, 2.05) is 63.7 Å². The second-order valence-corrected chi connectivity index (χ2v) is 6.34. The molecule has 3 rings (SSSR count). The SMILES string of the molecule is C=CCn1c(N)[n+](C[C@H](O)c2cccc(Br)c2)c2ccccc21. The normalized spacial score (nSPS) is 12.4. The first kappa shape index (κ1) is 15.8. The van der Waals surface area contributed by atoms with Crippen molar-refractivity contribution >= 4 is 32.9 Å². The first-order valence-electron chi connectivity index (χ1n) is 7.42. The van der Waals surface area contributed by atoms with Gasteiger partial charge >= 0.3 is 5.95 Å². The zero-order valence-electron chi connectivity index (χ0n) is 12.7. The number of aromatic nitrogens is 2. The minimum Gasteiger partial charge on any atom is -0.385 e. The van der Waals surface area contributed by atoms with E-state index in [4.69, 9.17) is 5.73 Å². The van der Waals surface area contributed by atoms with Gasteiger partial charge in [-0.15, -0.1) is 0 Å². The molecule has 0 bridgehead atoms. The van der Waals surface area contributed by atoms with E-state index in [0.717, 1.165) is 21.1 Å². The Hall–Kier alpha value is -2.11. The van der Waals surface area contributed by atoms with Gasteiger partial charge in [0.15, 0.2) is 0 Å². The molecular weight excluding hydrogens is 354 g/mol. The number of nitrogens with zero attached hydrogens (tertiary/aromatic N) is 2. The summed E-state index contributed by atoms with van der Waals surface area (Å²) in [5.74, 6) is 0.611. The van der Waals surface area contributed by atoms with E-state index in [9.17, 15) is 5.11 Å². The lowest BCUT2D eigenvalue weighted by Gasteiger charge is -2.11. The van der Waals surface area contributed by atoms with Crippen molar-refractivity contribution in [2.75, 3.05) is 5.73 Å². The standard InChI is InChI=1S/C18H18BrN3O/c1-2-10-21-15-8-3-4-9-16(15)22(18(21)20)12-17(23)13-6-5-7-14(19)11-13/h2-9,11,17,20,23H,1,10,12H2/p+1/t17-/m0/s1. The number of nitrogen functional groups attached to an aromatic ring is 1. The third-order valence-electron chi connectivity index (χ3n) is 3.92. The lowest BCUT2D eigenvalue weighted by molar-refractivity contribution is -0.666. The summed E-state index contributed by atoms with van der Waals surface area (Å²) in [4.78, 5) is 0. The average molecular weight is 373 g/mol. The van der Waals surface area contributed by atoms with Crippen LogP contribution >= 0.6 is 15.9 Å². The molecule has 118 valence electrons. The van der Waals surface area contributed by atoms with Gasteiger partial charge < -0.3 is 5.11 Å². The summed E-state index contributed by atoms with van der Waals surface area (Å²) in [6.07, 6.45) is 1.18. The second-order valence-electron chi connectivity index (χ2n) is 5.43. The lowest BCUT2D eigenvalue weighted by atomic mass is 10.1. The highest BCUT2D eigenvalue weighted by Gasteiger charge is 2.22. The van der Waals surface area contributed by atoms with Crippen molar-refractivity contribution in [2.45, 2.75) is 19.2 Å². The topological polar surface area (TPSA) is 55.1 Å². The molecule has 0 aliphatic carbocycles. The number of nitrogens with two attached hydrogens (primary N) is 1. The van der Waals surface area contributed by atoms with E-state index in [2.05, 4.69) is 22.5 Å². The Kier molecular flexibility index (Phi) is 4.50. The van der Waals surface area contributed by atoms with Crippen LogP contribution in [0.2, 0.25) is 0 Å². The minimum atomic E-state index is -0.636. The van der Waals surface area contributed by atoms with Gasteiger partial charge in [0.2, 0.25) is 0 Å². The number of para-hydroxylation sites is 2. The van der Waals surface area contributed by atoms with Crippen LogP contribution in [0.1, 0.15) is 11.7 Å². The van der Waals surface area contributed by atoms with Crippen LogP contribution in [-0.2, 0) is 13.1 Å². The molecule has 0 aliphatic heterocycles. The second kappa shape index (κ2) is 6.56. The van der Waals surface area contributed by atoms with Crippen molar-refractivity contribution in [2.24, 2.45) is 0 Å². The number of allylic oxidation sites excluding steroid dienone is 1. The zero-order valence-corrected chi connectivity index (χ0v) is 14.3. The van der Waals surface area contributed by atoms with E-state index >= 15 is 0 Å². The molecule has 0 fully saturated rings. The fourth-order valence-corrected chi connectivity index (χ4v) is 3.24. The summed E-state index contributed by atoms with van der Waals surface area (Å²) in [5.41, 5.74) is 9.20.